The van der Waals surface area contributed by atoms with Crippen LogP contribution in [0, 0.1) is 11.6 Å². The van der Waals surface area contributed by atoms with Crippen molar-refractivity contribution in [2.75, 3.05) is 0 Å². The number of hydrogen-bond acceptors (Lipinski definition) is 3. The van der Waals surface area contributed by atoms with E-state index in [-0.39, 0.29) is 5.52 Å². The van der Waals surface area contributed by atoms with Crippen LogP contribution >= 0.6 is 11.8 Å². The van der Waals surface area contributed by atoms with Crippen molar-refractivity contribution in [3.63, 3.8) is 0 Å². The third-order valence-corrected chi connectivity index (χ3v) is 3.11. The zero-order valence-electron chi connectivity index (χ0n) is 8.70. The highest BCUT2D eigenvalue weighted by atomic mass is 32.2. The summed E-state index contributed by atoms with van der Waals surface area (Å²) in [6.07, 6.45) is 0. The maximum atomic E-state index is 12.9. The number of carbonyl (C=O) groups is 1. The first kappa shape index (κ1) is 11.8. The number of rotatable bonds is 3. The van der Waals surface area contributed by atoms with Crippen LogP contribution in [0.2, 0.25) is 0 Å². The Balaban J connectivity index is 2.35. The normalized spacial score (nSPS) is 12.9. The molecule has 17 heavy (non-hydrogen) atoms. The molecule has 4 nitrogen and oxygen atoms in total. The number of carboxylic acid groups (broad SMARTS) is 1. The number of nitrogens with one attached hydrogen (secondary N) is 1. The molecule has 0 aliphatic heterocycles. The average Bonchev–Trinajstić information content (AvgIpc) is 2.60. The number of nitrogens with zero attached hydrogens (tertiary/aromatic N) is 1. The van der Waals surface area contributed by atoms with Crippen LogP contribution in [-0.4, -0.2) is 26.3 Å². The van der Waals surface area contributed by atoms with E-state index in [0.717, 1.165) is 23.9 Å². The number of fused-ring (bicyclic) bond motifs is 1. The van der Waals surface area contributed by atoms with Crippen LogP contribution in [0.5, 0.6) is 0 Å². The van der Waals surface area contributed by atoms with E-state index in [1.54, 1.807) is 0 Å². The minimum absolute atomic E-state index is 0.268. The molecule has 0 radical (unpaired) electrons. The smallest absolute Gasteiger partial charge is 0.316 e. The number of aliphatic carboxylic acids is 1. The fourth-order valence-electron chi connectivity index (χ4n) is 1.26. The van der Waals surface area contributed by atoms with Crippen molar-refractivity contribution in [3.8, 4) is 0 Å². The molecule has 0 spiro atoms. The summed E-state index contributed by atoms with van der Waals surface area (Å²) >= 11 is 0.978. The highest BCUT2D eigenvalue weighted by molar-refractivity contribution is 8.00. The van der Waals surface area contributed by atoms with Gasteiger partial charge in [0.15, 0.2) is 16.8 Å². The molecule has 1 aromatic carbocycles. The Morgan fingerprint density at radius 1 is 1.47 bits per heavy atom. The van der Waals surface area contributed by atoms with Crippen molar-refractivity contribution in [1.82, 2.24) is 9.97 Å². The lowest BCUT2D eigenvalue weighted by molar-refractivity contribution is -0.136. The summed E-state index contributed by atoms with van der Waals surface area (Å²) in [6, 6.07) is 1.96. The Morgan fingerprint density at radius 2 is 2.12 bits per heavy atom. The van der Waals surface area contributed by atoms with Gasteiger partial charge in [-0.25, -0.2) is 13.8 Å². The number of imidazole rings is 1. The zero-order chi connectivity index (χ0) is 12.6. The third-order valence-electron chi connectivity index (χ3n) is 2.14. The van der Waals surface area contributed by atoms with Gasteiger partial charge >= 0.3 is 5.97 Å². The Bertz CT molecular complexity index is 546. The standard InChI is InChI=1S/C10H8F2N2O2S/c1-4(9(15)16)17-10-13-7-2-5(11)6(12)3-8(7)14-10/h2-4H,1H3,(H,13,14)(H,15,16). The SMILES string of the molecule is CC(Sc1nc2cc(F)c(F)cc2[nH]1)C(=O)O. The maximum Gasteiger partial charge on any atom is 0.316 e. The lowest BCUT2D eigenvalue weighted by atomic mass is 10.3. The van der Waals surface area contributed by atoms with Crippen molar-refractivity contribution >= 4 is 28.8 Å². The molecule has 0 saturated carbocycles. The van der Waals surface area contributed by atoms with Gasteiger partial charge in [0.2, 0.25) is 0 Å². The highest BCUT2D eigenvalue weighted by Gasteiger charge is 2.16. The average molecular weight is 258 g/mol. The van der Waals surface area contributed by atoms with Crippen molar-refractivity contribution < 1.29 is 18.7 Å². The number of halogens is 2. The largest absolute Gasteiger partial charge is 0.480 e. The molecule has 2 N–H and O–H groups in total. The summed E-state index contributed by atoms with van der Waals surface area (Å²) in [7, 11) is 0. The van der Waals surface area contributed by atoms with E-state index in [9.17, 15) is 13.6 Å². The minimum Gasteiger partial charge on any atom is -0.480 e. The zero-order valence-corrected chi connectivity index (χ0v) is 9.52. The lowest BCUT2D eigenvalue weighted by Crippen LogP contribution is -2.11. The fraction of sp³-hybridized carbons (Fsp3) is 0.200. The van der Waals surface area contributed by atoms with E-state index in [1.807, 2.05) is 0 Å². The van der Waals surface area contributed by atoms with E-state index in [0.29, 0.717) is 10.7 Å². The Labute approximate surface area is 99.0 Å². The van der Waals surface area contributed by atoms with Crippen LogP contribution in [0.1, 0.15) is 6.92 Å². The molecular formula is C10H8F2N2O2S. The highest BCUT2D eigenvalue weighted by Crippen LogP contribution is 2.24. The van der Waals surface area contributed by atoms with Crippen LogP contribution in [-0.2, 0) is 4.79 Å². The molecule has 1 aromatic heterocycles. The predicted octanol–water partition coefficient (Wildman–Crippen LogP) is 2.41. The van der Waals surface area contributed by atoms with Gasteiger partial charge in [0.25, 0.3) is 0 Å². The van der Waals surface area contributed by atoms with Crippen molar-refractivity contribution in [1.29, 1.82) is 0 Å². The van der Waals surface area contributed by atoms with Crippen LogP contribution < -0.4 is 0 Å². The number of H-pyrrole nitrogens is 1. The van der Waals surface area contributed by atoms with Crippen LogP contribution in [0.3, 0.4) is 0 Å². The summed E-state index contributed by atoms with van der Waals surface area (Å²) in [5, 5.41) is 8.35. The molecular weight excluding hydrogens is 250 g/mol. The molecule has 1 unspecified atom stereocenters. The molecule has 0 amide bonds. The van der Waals surface area contributed by atoms with Gasteiger partial charge in [-0.3, -0.25) is 4.79 Å². The van der Waals surface area contributed by atoms with Gasteiger partial charge in [0, 0.05) is 12.1 Å². The third kappa shape index (κ3) is 2.38. The molecule has 0 saturated heterocycles. The van der Waals surface area contributed by atoms with E-state index in [4.69, 9.17) is 5.11 Å². The summed E-state index contributed by atoms with van der Waals surface area (Å²) in [4.78, 5) is 17.4. The van der Waals surface area contributed by atoms with E-state index in [2.05, 4.69) is 9.97 Å². The van der Waals surface area contributed by atoms with Crippen LogP contribution in [0.15, 0.2) is 17.3 Å². The van der Waals surface area contributed by atoms with Crippen molar-refractivity contribution in [3.05, 3.63) is 23.8 Å². The molecule has 0 aliphatic rings. The van der Waals surface area contributed by atoms with Gasteiger partial charge in [0.05, 0.1) is 11.0 Å². The molecule has 0 bridgehead atoms. The number of aromatic amines is 1. The first-order valence-electron chi connectivity index (χ1n) is 4.71. The van der Waals surface area contributed by atoms with Gasteiger partial charge in [-0.15, -0.1) is 0 Å². The molecule has 1 heterocycles. The minimum atomic E-state index is -0.980. The van der Waals surface area contributed by atoms with Gasteiger partial charge in [-0.2, -0.15) is 0 Å². The van der Waals surface area contributed by atoms with E-state index >= 15 is 0 Å². The molecule has 90 valence electrons. The number of aromatic nitrogens is 2. The summed E-state index contributed by atoms with van der Waals surface area (Å²) < 4.78 is 25.8. The second-order valence-corrected chi connectivity index (χ2v) is 4.75. The molecule has 1 atom stereocenters. The molecule has 0 aliphatic carbocycles. The number of benzene rings is 1. The van der Waals surface area contributed by atoms with Gasteiger partial charge in [-0.1, -0.05) is 11.8 Å². The van der Waals surface area contributed by atoms with Gasteiger partial charge in [0.1, 0.15) is 5.25 Å². The summed E-state index contributed by atoms with van der Waals surface area (Å²) in [6.45, 7) is 1.50. The Kier molecular flexibility index (Phi) is 3.01. The quantitative estimate of drug-likeness (QED) is 0.830. The predicted molar refractivity (Wildman–Crippen MR) is 59.0 cm³/mol. The summed E-state index contributed by atoms with van der Waals surface area (Å²) in [5.74, 6) is -2.93. The first-order chi connectivity index (χ1) is 7.97. The molecule has 7 heteroatoms. The van der Waals surface area contributed by atoms with Crippen molar-refractivity contribution in [2.45, 2.75) is 17.3 Å². The Hall–Kier alpha value is -1.63. The second-order valence-electron chi connectivity index (χ2n) is 3.42. The second kappa shape index (κ2) is 4.33. The monoisotopic (exact) mass is 258 g/mol. The molecule has 2 aromatic rings. The topological polar surface area (TPSA) is 66.0 Å². The maximum absolute atomic E-state index is 12.9. The van der Waals surface area contributed by atoms with Gasteiger partial charge in [-0.05, 0) is 6.92 Å². The van der Waals surface area contributed by atoms with E-state index < -0.39 is 22.9 Å². The van der Waals surface area contributed by atoms with Crippen molar-refractivity contribution in [2.24, 2.45) is 0 Å². The number of hydrogen-bond donors (Lipinski definition) is 2. The van der Waals surface area contributed by atoms with Crippen LogP contribution in [0.25, 0.3) is 11.0 Å². The van der Waals surface area contributed by atoms with Crippen LogP contribution in [0.4, 0.5) is 8.78 Å². The first-order valence-corrected chi connectivity index (χ1v) is 5.59. The summed E-state index contributed by atoms with van der Waals surface area (Å²) in [5.41, 5.74) is 0.605. The molecule has 2 rings (SSSR count). The number of thioether (sulfide) groups is 1. The lowest BCUT2D eigenvalue weighted by Gasteiger charge is -2.00. The Morgan fingerprint density at radius 3 is 2.76 bits per heavy atom. The molecule has 0 fully saturated rings. The van der Waals surface area contributed by atoms with E-state index in [1.165, 1.54) is 6.92 Å². The fourth-order valence-corrected chi connectivity index (χ4v) is 2.01. The van der Waals surface area contributed by atoms with Gasteiger partial charge < -0.3 is 10.1 Å². The number of carboxylic acids is 1.